The monoisotopic (exact) mass is 510 g/mol. The number of carbonyl (C=O) groups is 1. The smallest absolute Gasteiger partial charge is 0.300 e. The van der Waals surface area contributed by atoms with Crippen LogP contribution >= 0.6 is 0 Å². The number of rotatable bonds is 23. The molecule has 0 aromatic rings. The van der Waals surface area contributed by atoms with Crippen LogP contribution < -0.4 is 0 Å². The van der Waals surface area contributed by atoms with Crippen LogP contribution in [0.25, 0.3) is 0 Å². The lowest BCUT2D eigenvalue weighted by molar-refractivity contribution is -0.134. The number of aliphatic carboxylic acids is 1. The highest BCUT2D eigenvalue weighted by Gasteiger charge is 1.93. The van der Waals surface area contributed by atoms with E-state index in [0.717, 1.165) is 26.0 Å². The van der Waals surface area contributed by atoms with Gasteiger partial charge in [-0.05, 0) is 44.6 Å². The van der Waals surface area contributed by atoms with Crippen LogP contribution in [0.15, 0.2) is 36.6 Å². The summed E-state index contributed by atoms with van der Waals surface area (Å²) in [7, 11) is 0. The summed E-state index contributed by atoms with van der Waals surface area (Å²) in [5.74, 6) is -0.833. The Hall–Kier alpha value is -1.55. The third kappa shape index (κ3) is 53.7. The van der Waals surface area contributed by atoms with Crippen LogP contribution in [-0.4, -0.2) is 27.9 Å². The molecule has 0 heterocycles. The minimum Gasteiger partial charge on any atom is -0.516 e. The van der Waals surface area contributed by atoms with Crippen molar-refractivity contribution in [3.8, 4) is 0 Å². The molecule has 0 rings (SSSR count). The number of unbranched alkanes of at least 4 members (excludes halogenated alkanes) is 18. The summed E-state index contributed by atoms with van der Waals surface area (Å²) in [6.45, 7) is 5.93. The average Bonchev–Trinajstić information content (AvgIpc) is 2.85. The number of carboxylic acid groups (broad SMARTS) is 1. The molecule has 0 unspecified atom stereocenters. The van der Waals surface area contributed by atoms with Crippen LogP contribution in [0.1, 0.15) is 156 Å². The molecule has 0 fully saturated rings. The predicted octanol–water partition coefficient (Wildman–Crippen LogP) is 10.5. The zero-order valence-corrected chi connectivity index (χ0v) is 24.3. The Kier molecular flexibility index (Phi) is 44.0. The number of aliphatic hydroxyl groups excluding tert-OH is 2. The van der Waals surface area contributed by atoms with E-state index in [1.54, 1.807) is 6.08 Å². The van der Waals surface area contributed by atoms with Gasteiger partial charge in [0.15, 0.2) is 0 Å². The normalized spacial score (nSPS) is 11.0. The molecule has 214 valence electrons. The summed E-state index contributed by atoms with van der Waals surface area (Å²) in [5.41, 5.74) is 0. The van der Waals surface area contributed by atoms with Crippen molar-refractivity contribution in [2.45, 2.75) is 156 Å². The summed E-state index contributed by atoms with van der Waals surface area (Å²) in [4.78, 5) is 9.00. The second-order valence-electron chi connectivity index (χ2n) is 9.51. The minimum atomic E-state index is -0.833. The first-order chi connectivity index (χ1) is 17.6. The van der Waals surface area contributed by atoms with Gasteiger partial charge in [0.05, 0.1) is 6.26 Å². The summed E-state index contributed by atoms with van der Waals surface area (Å²) < 4.78 is 0. The first-order valence-corrected chi connectivity index (χ1v) is 15.0. The van der Waals surface area contributed by atoms with E-state index < -0.39 is 5.97 Å². The topological polar surface area (TPSA) is 77.8 Å². The second kappa shape index (κ2) is 40.6. The van der Waals surface area contributed by atoms with Gasteiger partial charge < -0.3 is 15.3 Å². The van der Waals surface area contributed by atoms with Gasteiger partial charge in [-0.3, -0.25) is 4.79 Å². The summed E-state index contributed by atoms with van der Waals surface area (Å²) >= 11 is 0. The Balaban J connectivity index is -0.000000553. The van der Waals surface area contributed by atoms with E-state index >= 15 is 0 Å². The van der Waals surface area contributed by atoms with Gasteiger partial charge >= 0.3 is 0 Å². The van der Waals surface area contributed by atoms with Crippen molar-refractivity contribution in [2.24, 2.45) is 0 Å². The molecule has 0 aliphatic rings. The minimum absolute atomic E-state index is 0.358. The molecule has 0 aliphatic heterocycles. The highest BCUT2D eigenvalue weighted by molar-refractivity contribution is 5.62. The highest BCUT2D eigenvalue weighted by Crippen LogP contribution is 2.12. The standard InChI is InChI=1S/C18H34O.C12H24O.C2H4O2/c1-2-3-4-5-6-7-8-9-10-11-12-13-14-15-16-17-18-19;1-2-3-4-5-6-7-8-9-10-11-12-13;1-2(3)4/h15-19H,2-14H2,1H3;4-5,13H,2-3,6-12H2,1H3;1H3,(H,3,4). The van der Waals surface area contributed by atoms with Crippen molar-refractivity contribution in [1.82, 2.24) is 0 Å². The molecule has 4 heteroatoms. The Bertz CT molecular complexity index is 465. The molecule has 4 nitrogen and oxygen atoms in total. The molecule has 0 amide bonds. The SMILES string of the molecule is CC(=O)O.CCCC=CCCCCCCCO.CCCCCCCCCCCCCCC=CC=CO. The summed E-state index contributed by atoms with van der Waals surface area (Å²) in [6, 6.07) is 0. The van der Waals surface area contributed by atoms with E-state index in [2.05, 4.69) is 32.1 Å². The largest absolute Gasteiger partial charge is 0.516 e. The second-order valence-corrected chi connectivity index (χ2v) is 9.51. The molecule has 3 N–H and O–H groups in total. The maximum absolute atomic E-state index is 9.00. The molecule has 36 heavy (non-hydrogen) atoms. The lowest BCUT2D eigenvalue weighted by Gasteiger charge is -2.02. The van der Waals surface area contributed by atoms with Gasteiger partial charge in [-0.25, -0.2) is 0 Å². The summed E-state index contributed by atoms with van der Waals surface area (Å²) in [5, 5.41) is 24.4. The van der Waals surface area contributed by atoms with E-state index in [9.17, 15) is 0 Å². The average molecular weight is 511 g/mol. The Morgan fingerprint density at radius 1 is 0.556 bits per heavy atom. The summed E-state index contributed by atoms with van der Waals surface area (Å²) in [6.07, 6.45) is 39.2. The number of hydrogen-bond donors (Lipinski definition) is 3. The molecule has 0 aromatic heterocycles. The molecule has 0 atom stereocenters. The molecule has 0 saturated carbocycles. The first kappa shape index (κ1) is 39.0. The maximum Gasteiger partial charge on any atom is 0.300 e. The molecule has 0 aliphatic carbocycles. The molecular formula is C32H62O4. The van der Waals surface area contributed by atoms with Crippen molar-refractivity contribution in [1.29, 1.82) is 0 Å². The van der Waals surface area contributed by atoms with Gasteiger partial charge in [0.25, 0.3) is 5.97 Å². The van der Waals surface area contributed by atoms with Crippen LogP contribution in [0.5, 0.6) is 0 Å². The Labute approximate surface area is 225 Å². The predicted molar refractivity (Wildman–Crippen MR) is 159 cm³/mol. The zero-order chi connectivity index (χ0) is 27.4. The zero-order valence-electron chi connectivity index (χ0n) is 24.3. The van der Waals surface area contributed by atoms with Crippen molar-refractivity contribution in [2.75, 3.05) is 6.61 Å². The van der Waals surface area contributed by atoms with Crippen LogP contribution in [0.4, 0.5) is 0 Å². The van der Waals surface area contributed by atoms with Crippen LogP contribution in [0.2, 0.25) is 0 Å². The maximum atomic E-state index is 9.00. The van der Waals surface area contributed by atoms with Crippen LogP contribution in [-0.2, 0) is 4.79 Å². The lowest BCUT2D eigenvalue weighted by Crippen LogP contribution is -1.83. The van der Waals surface area contributed by atoms with Crippen molar-refractivity contribution < 1.29 is 20.1 Å². The highest BCUT2D eigenvalue weighted by atomic mass is 16.4. The number of carboxylic acids is 1. The number of aliphatic hydroxyl groups is 2. The van der Waals surface area contributed by atoms with E-state index in [0.29, 0.717) is 6.61 Å². The Morgan fingerprint density at radius 3 is 1.36 bits per heavy atom. The van der Waals surface area contributed by atoms with Gasteiger partial charge in [0.1, 0.15) is 0 Å². The van der Waals surface area contributed by atoms with Gasteiger partial charge in [0, 0.05) is 13.5 Å². The quantitative estimate of drug-likeness (QED) is 0.0553. The molecule has 0 saturated heterocycles. The van der Waals surface area contributed by atoms with Gasteiger partial charge in [0.2, 0.25) is 0 Å². The molecule has 0 radical (unpaired) electrons. The molecular weight excluding hydrogens is 448 g/mol. The molecule has 0 aromatic carbocycles. The van der Waals surface area contributed by atoms with E-state index in [-0.39, 0.29) is 0 Å². The molecule has 0 spiro atoms. The Morgan fingerprint density at radius 2 is 0.944 bits per heavy atom. The van der Waals surface area contributed by atoms with Crippen LogP contribution in [0.3, 0.4) is 0 Å². The van der Waals surface area contributed by atoms with Crippen LogP contribution in [0, 0.1) is 0 Å². The van der Waals surface area contributed by atoms with Gasteiger partial charge in [-0.2, -0.15) is 0 Å². The first-order valence-electron chi connectivity index (χ1n) is 15.0. The number of allylic oxidation sites excluding steroid dienone is 5. The van der Waals surface area contributed by atoms with E-state index in [1.807, 2.05) is 6.08 Å². The fraction of sp³-hybridized carbons (Fsp3) is 0.781. The van der Waals surface area contributed by atoms with Gasteiger partial charge in [-0.1, -0.05) is 134 Å². The van der Waals surface area contributed by atoms with Crippen molar-refractivity contribution >= 4 is 5.97 Å². The van der Waals surface area contributed by atoms with Gasteiger partial charge in [-0.15, -0.1) is 0 Å². The third-order valence-corrected chi connectivity index (χ3v) is 5.71. The number of hydrogen-bond acceptors (Lipinski definition) is 3. The third-order valence-electron chi connectivity index (χ3n) is 5.71. The van der Waals surface area contributed by atoms with E-state index in [1.165, 1.54) is 122 Å². The fourth-order valence-electron chi connectivity index (χ4n) is 3.63. The van der Waals surface area contributed by atoms with Crippen molar-refractivity contribution in [3.63, 3.8) is 0 Å². The van der Waals surface area contributed by atoms with E-state index in [4.69, 9.17) is 20.1 Å². The lowest BCUT2D eigenvalue weighted by atomic mass is 10.0. The molecule has 0 bridgehead atoms. The fourth-order valence-corrected chi connectivity index (χ4v) is 3.63. The van der Waals surface area contributed by atoms with Crippen molar-refractivity contribution in [3.05, 3.63) is 36.6 Å².